The van der Waals surface area contributed by atoms with Gasteiger partial charge in [-0.05, 0) is 58.6 Å². The smallest absolute Gasteiger partial charge is 0.748 e. The molecule has 0 radical (unpaired) electrons. The second-order valence-electron chi connectivity index (χ2n) is 9.88. The van der Waals surface area contributed by atoms with Crippen LogP contribution in [-0.4, -0.2) is 106 Å². The molecule has 2 aromatic carbocycles. The van der Waals surface area contributed by atoms with Crippen LogP contribution < -0.4 is 139 Å². The summed E-state index contributed by atoms with van der Waals surface area (Å²) < 4.78 is 138. The van der Waals surface area contributed by atoms with Gasteiger partial charge in [-0.2, -0.15) is 29.9 Å². The van der Waals surface area contributed by atoms with Crippen molar-refractivity contribution in [3.05, 3.63) is 58.1 Å². The zero-order chi connectivity index (χ0) is 38.5. The molecule has 0 fully saturated rings. The Labute approximate surface area is 418 Å². The van der Waals surface area contributed by atoms with Gasteiger partial charge in [0, 0.05) is 24.5 Å². The van der Waals surface area contributed by atoms with Gasteiger partial charge in [0.2, 0.25) is 34.4 Å². The van der Waals surface area contributed by atoms with Crippen molar-refractivity contribution in [3.63, 3.8) is 0 Å². The van der Waals surface area contributed by atoms with Crippen LogP contribution in [0.5, 0.6) is 0 Å². The van der Waals surface area contributed by atoms with Gasteiger partial charge in [-0.15, -0.1) is 0 Å². The number of aromatic nitrogens is 6. The SMILES string of the molecule is O=S(=O)([O-])CCNc1nc(Cl)nc(Nc2ccc(C=Cc3ccc(Nc4nc(Cl)nc(NCCS(=O)(=O)[O-])n4)cc3S(=O)(=O)[O-])c(S(=O)(=O)[O-])c2)n1.[Na+].[Na+].[Na+].[Na+]. The molecule has 0 amide bonds. The van der Waals surface area contributed by atoms with Gasteiger partial charge in [-0.1, -0.05) is 24.3 Å². The third-order valence-corrected chi connectivity index (χ3v) is 9.54. The molecule has 4 N–H and O–H groups in total. The Kier molecular flexibility index (Phi) is 23.4. The van der Waals surface area contributed by atoms with E-state index in [2.05, 4.69) is 51.2 Å². The Morgan fingerprint density at radius 2 is 0.839 bits per heavy atom. The van der Waals surface area contributed by atoms with Gasteiger partial charge >= 0.3 is 118 Å². The minimum Gasteiger partial charge on any atom is -0.748 e. The number of anilines is 6. The maximum atomic E-state index is 12.2. The van der Waals surface area contributed by atoms with Crippen LogP contribution in [-0.2, 0) is 40.5 Å². The van der Waals surface area contributed by atoms with E-state index < -0.39 is 61.8 Å². The van der Waals surface area contributed by atoms with Crippen LogP contribution in [0.15, 0.2) is 46.2 Å². The van der Waals surface area contributed by atoms with E-state index in [1.807, 2.05) is 0 Å². The van der Waals surface area contributed by atoms with Gasteiger partial charge < -0.3 is 39.5 Å². The van der Waals surface area contributed by atoms with Crippen molar-refractivity contribution >= 4 is 111 Å². The van der Waals surface area contributed by atoms with E-state index in [1.165, 1.54) is 12.1 Å². The molecule has 0 aliphatic heterocycles. The summed E-state index contributed by atoms with van der Waals surface area (Å²) in [5.41, 5.74) is -0.548. The fraction of sp³-hybridized carbons (Fsp3) is 0.167. The van der Waals surface area contributed by atoms with Crippen molar-refractivity contribution in [2.45, 2.75) is 9.79 Å². The van der Waals surface area contributed by atoms with Crippen molar-refractivity contribution < 1.29 is 170 Å². The summed E-state index contributed by atoms with van der Waals surface area (Å²) in [6, 6.07) is 6.69. The van der Waals surface area contributed by atoms with Gasteiger partial charge in [0.1, 0.15) is 20.2 Å². The summed E-state index contributed by atoms with van der Waals surface area (Å²) in [4.78, 5) is 21.3. The fourth-order valence-electron chi connectivity index (χ4n) is 3.92. The Morgan fingerprint density at radius 1 is 0.518 bits per heavy atom. The van der Waals surface area contributed by atoms with Gasteiger partial charge in [0.05, 0.1) is 41.5 Å². The van der Waals surface area contributed by atoms with E-state index in [-0.39, 0.29) is 188 Å². The first-order chi connectivity index (χ1) is 24.0. The number of rotatable bonds is 16. The van der Waals surface area contributed by atoms with Crippen molar-refractivity contribution in [2.24, 2.45) is 0 Å². The van der Waals surface area contributed by atoms with E-state index in [0.717, 1.165) is 36.4 Å². The molecule has 0 atom stereocenters. The predicted molar refractivity (Wildman–Crippen MR) is 180 cm³/mol. The zero-order valence-electron chi connectivity index (χ0n) is 29.4. The molecule has 2 heterocycles. The number of halogens is 2. The first-order valence-corrected chi connectivity index (χ1v) is 20.4. The van der Waals surface area contributed by atoms with Crippen LogP contribution in [0.4, 0.5) is 35.2 Å². The quantitative estimate of drug-likeness (QED) is 0.0460. The number of hydrogen-bond donors (Lipinski definition) is 4. The van der Waals surface area contributed by atoms with E-state index in [0.29, 0.717) is 0 Å². The van der Waals surface area contributed by atoms with Gasteiger partial charge in [-0.25, -0.2) is 33.7 Å². The second kappa shape index (κ2) is 23.6. The molecule has 280 valence electrons. The summed E-state index contributed by atoms with van der Waals surface area (Å²) in [7, 11) is -19.5. The minimum atomic E-state index is -5.18. The number of hydrogen-bond acceptors (Lipinski definition) is 22. The normalized spacial score (nSPS) is 11.6. The van der Waals surface area contributed by atoms with E-state index in [9.17, 15) is 51.9 Å². The van der Waals surface area contributed by atoms with Crippen LogP contribution in [0.1, 0.15) is 11.1 Å². The topological polar surface area (TPSA) is 354 Å². The molecule has 0 spiro atoms. The van der Waals surface area contributed by atoms with Crippen LogP contribution in [0.2, 0.25) is 10.6 Å². The predicted octanol–water partition coefficient (Wildman–Crippen LogP) is -11.2. The summed E-state index contributed by atoms with van der Waals surface area (Å²) in [5, 5.41) is 9.36. The van der Waals surface area contributed by atoms with E-state index in [1.54, 1.807) is 0 Å². The van der Waals surface area contributed by atoms with Crippen LogP contribution in [0.3, 0.4) is 0 Å². The van der Waals surface area contributed by atoms with Crippen LogP contribution >= 0.6 is 23.2 Å². The van der Waals surface area contributed by atoms with Crippen molar-refractivity contribution in [3.8, 4) is 0 Å². The molecule has 0 saturated carbocycles. The first-order valence-electron chi connectivity index (χ1n) is 13.6. The van der Waals surface area contributed by atoms with E-state index >= 15 is 0 Å². The van der Waals surface area contributed by atoms with Gasteiger partial charge in [0.25, 0.3) is 0 Å². The molecule has 22 nitrogen and oxygen atoms in total. The summed E-state index contributed by atoms with van der Waals surface area (Å²) >= 11 is 11.7. The summed E-state index contributed by atoms with van der Waals surface area (Å²) in [5.74, 6) is -2.60. The average molecular weight is 932 g/mol. The molecule has 56 heavy (non-hydrogen) atoms. The molecule has 32 heteroatoms. The molecule has 0 aliphatic rings. The Bertz CT molecular complexity index is 2330. The van der Waals surface area contributed by atoms with Crippen LogP contribution in [0, 0.1) is 0 Å². The van der Waals surface area contributed by atoms with Crippen LogP contribution in [0.25, 0.3) is 12.2 Å². The van der Waals surface area contributed by atoms with Gasteiger partial charge in [0.15, 0.2) is 0 Å². The Balaban J connectivity index is 0.00000756. The third-order valence-electron chi connectivity index (χ3n) is 6.01. The third kappa shape index (κ3) is 18.9. The number of benzene rings is 2. The van der Waals surface area contributed by atoms with Crippen molar-refractivity contribution in [1.82, 2.24) is 29.9 Å². The van der Waals surface area contributed by atoms with E-state index in [4.69, 9.17) is 23.2 Å². The Morgan fingerprint density at radius 3 is 1.14 bits per heavy atom. The molecule has 0 bridgehead atoms. The van der Waals surface area contributed by atoms with Crippen molar-refractivity contribution in [1.29, 1.82) is 0 Å². The largest absolute Gasteiger partial charge is 1.00 e. The summed E-state index contributed by atoms with van der Waals surface area (Å²) in [6.07, 6.45) is 2.12. The zero-order valence-corrected chi connectivity index (χ0v) is 42.2. The number of nitrogens with zero attached hydrogens (tertiary/aromatic N) is 6. The molecule has 0 aliphatic carbocycles. The fourth-order valence-corrected chi connectivity index (χ4v) is 6.33. The average Bonchev–Trinajstić information content (AvgIpc) is 2.98. The molecule has 0 unspecified atom stereocenters. The molecule has 4 rings (SSSR count). The number of nitrogens with one attached hydrogen (secondary N) is 4. The summed E-state index contributed by atoms with van der Waals surface area (Å²) in [6.45, 7) is -0.733. The van der Waals surface area contributed by atoms with Crippen molar-refractivity contribution in [2.75, 3.05) is 45.9 Å². The standard InChI is InChI=1S/C24H24Cl2N10O12S4.4Na/c25-19-31-21(27-7-9-49(37,38)39)35-23(33-19)29-15-5-3-13(17(11-15)51(43,44)45)1-2-14-4-6-16(12-18(14)52(46,47)48)30-24-34-20(26)32-22(36-24)28-8-10-50(40,41)42;;;;/h1-6,11-12H,7-10H2,(H,37,38,39)(H,40,41,42)(H,43,44,45)(H,46,47,48)(H2,27,29,31,33,35)(H2,28,30,32,34,36);;;;/q;4*+1/p-4. The Hall–Kier alpha value is -0.380. The second-order valence-corrected chi connectivity index (χ2v) is 16.3. The molecule has 2 aromatic heterocycles. The maximum Gasteiger partial charge on any atom is 1.00 e. The molecule has 4 aromatic rings. The molecular formula is C24H20Cl2N10Na4O12S4. The first kappa shape index (κ1) is 55.6. The monoisotopic (exact) mass is 930 g/mol. The molecule has 0 saturated heterocycles. The minimum absolute atomic E-state index is 0. The maximum absolute atomic E-state index is 12.2. The van der Waals surface area contributed by atoms with Gasteiger partial charge in [-0.3, -0.25) is 0 Å². The molecular weight excluding hydrogens is 911 g/mol.